The Morgan fingerprint density at radius 1 is 1.25 bits per heavy atom. The Morgan fingerprint density at radius 2 is 1.90 bits per heavy atom. The van der Waals surface area contributed by atoms with Crippen molar-refractivity contribution in [2.75, 3.05) is 14.1 Å². The van der Waals surface area contributed by atoms with E-state index in [0.29, 0.717) is 0 Å². The van der Waals surface area contributed by atoms with E-state index >= 15 is 0 Å². The van der Waals surface area contributed by atoms with E-state index < -0.39 is 0 Å². The van der Waals surface area contributed by atoms with Crippen LogP contribution in [0.4, 0.5) is 0 Å². The van der Waals surface area contributed by atoms with E-state index in [-0.39, 0.29) is 11.2 Å². The highest BCUT2D eigenvalue weighted by molar-refractivity contribution is 8.00. The second kappa shape index (κ2) is 5.69. The zero-order chi connectivity index (χ0) is 15.0. The first-order valence-electron chi connectivity index (χ1n) is 6.43. The lowest BCUT2D eigenvalue weighted by Crippen LogP contribution is -2.29. The molecule has 0 radical (unpaired) electrons. The van der Waals surface area contributed by atoms with Gasteiger partial charge in [0.1, 0.15) is 15.7 Å². The van der Waals surface area contributed by atoms with Gasteiger partial charge >= 0.3 is 0 Å². The summed E-state index contributed by atoms with van der Waals surface area (Å²) in [6.07, 6.45) is 0. The molecule has 2 rings (SSSR count). The molecule has 0 bridgehead atoms. The Kier molecular flexibility index (Phi) is 4.34. The first-order valence-corrected chi connectivity index (χ1v) is 8.13. The molecular formula is C14H19N3OS2. The number of aryl methyl sites for hydroxylation is 3. The lowest BCUT2D eigenvalue weighted by Gasteiger charge is -2.16. The van der Waals surface area contributed by atoms with E-state index in [1.54, 1.807) is 30.3 Å². The highest BCUT2D eigenvalue weighted by Crippen LogP contribution is 2.36. The standard InChI is InChI=1S/C14H19N3OS2/c1-7-8(2)19-12-11(7)13(16-10(4)15-12)20-9(3)14(18)17(5)6/h9H,1-6H3/t9-/m0/s1. The van der Waals surface area contributed by atoms with Crippen LogP contribution in [0.5, 0.6) is 0 Å². The summed E-state index contributed by atoms with van der Waals surface area (Å²) < 4.78 is 0. The molecule has 0 spiro atoms. The van der Waals surface area contributed by atoms with Crippen LogP contribution in [0.2, 0.25) is 0 Å². The van der Waals surface area contributed by atoms with Crippen molar-refractivity contribution in [1.82, 2.24) is 14.9 Å². The van der Waals surface area contributed by atoms with Gasteiger partial charge in [-0.25, -0.2) is 9.97 Å². The van der Waals surface area contributed by atoms with Crippen LogP contribution in [0.3, 0.4) is 0 Å². The third-order valence-electron chi connectivity index (χ3n) is 3.18. The van der Waals surface area contributed by atoms with Gasteiger partial charge in [-0.2, -0.15) is 0 Å². The first kappa shape index (κ1) is 15.3. The van der Waals surface area contributed by atoms with Crippen molar-refractivity contribution < 1.29 is 4.79 Å². The molecule has 0 aliphatic carbocycles. The topological polar surface area (TPSA) is 46.1 Å². The van der Waals surface area contributed by atoms with Gasteiger partial charge in [0.2, 0.25) is 5.91 Å². The zero-order valence-electron chi connectivity index (χ0n) is 12.6. The maximum absolute atomic E-state index is 12.0. The fraction of sp³-hybridized carbons (Fsp3) is 0.500. The number of carbonyl (C=O) groups is 1. The van der Waals surface area contributed by atoms with Crippen molar-refractivity contribution in [3.05, 3.63) is 16.3 Å². The molecule has 1 atom stereocenters. The summed E-state index contributed by atoms with van der Waals surface area (Å²) in [5.41, 5.74) is 1.22. The highest BCUT2D eigenvalue weighted by atomic mass is 32.2. The molecule has 0 N–H and O–H groups in total. The number of nitrogens with zero attached hydrogens (tertiary/aromatic N) is 3. The number of amides is 1. The van der Waals surface area contributed by atoms with Gasteiger partial charge in [0.05, 0.1) is 5.25 Å². The number of thiophene rings is 1. The van der Waals surface area contributed by atoms with E-state index in [1.165, 1.54) is 22.2 Å². The quantitative estimate of drug-likeness (QED) is 0.645. The van der Waals surface area contributed by atoms with Gasteiger partial charge < -0.3 is 4.90 Å². The van der Waals surface area contributed by atoms with Crippen LogP contribution in [-0.4, -0.2) is 40.1 Å². The van der Waals surface area contributed by atoms with Crippen molar-refractivity contribution in [2.45, 2.75) is 38.0 Å². The molecule has 0 fully saturated rings. The second-order valence-electron chi connectivity index (χ2n) is 5.03. The monoisotopic (exact) mass is 309 g/mol. The largest absolute Gasteiger partial charge is 0.348 e. The molecule has 108 valence electrons. The predicted molar refractivity (Wildman–Crippen MR) is 85.6 cm³/mol. The van der Waals surface area contributed by atoms with E-state index in [9.17, 15) is 4.79 Å². The fourth-order valence-corrected chi connectivity index (χ4v) is 4.32. The number of hydrogen-bond donors (Lipinski definition) is 0. The van der Waals surface area contributed by atoms with Crippen molar-refractivity contribution in [1.29, 1.82) is 0 Å². The van der Waals surface area contributed by atoms with Crippen molar-refractivity contribution in [3.8, 4) is 0 Å². The number of thioether (sulfide) groups is 1. The van der Waals surface area contributed by atoms with Crippen LogP contribution in [-0.2, 0) is 4.79 Å². The van der Waals surface area contributed by atoms with Gasteiger partial charge in [0.25, 0.3) is 0 Å². The van der Waals surface area contributed by atoms with E-state index in [4.69, 9.17) is 0 Å². The maximum Gasteiger partial charge on any atom is 0.235 e. The molecular weight excluding hydrogens is 290 g/mol. The Hall–Kier alpha value is -1.14. The summed E-state index contributed by atoms with van der Waals surface area (Å²) in [5.74, 6) is 0.856. The molecule has 0 unspecified atom stereocenters. The Bertz CT molecular complexity index is 664. The predicted octanol–water partition coefficient (Wildman–Crippen LogP) is 3.19. The normalized spacial score (nSPS) is 12.7. The molecule has 6 heteroatoms. The van der Waals surface area contributed by atoms with Crippen LogP contribution >= 0.6 is 23.1 Å². The summed E-state index contributed by atoms with van der Waals surface area (Å²) in [4.78, 5) is 25.0. The van der Waals surface area contributed by atoms with Gasteiger partial charge in [-0.05, 0) is 33.3 Å². The summed E-state index contributed by atoms with van der Waals surface area (Å²) >= 11 is 3.20. The van der Waals surface area contributed by atoms with Gasteiger partial charge in [-0.15, -0.1) is 11.3 Å². The Labute approximate surface area is 127 Å². The first-order chi connectivity index (χ1) is 9.31. The van der Waals surface area contributed by atoms with Crippen molar-refractivity contribution >= 4 is 39.2 Å². The third-order valence-corrected chi connectivity index (χ3v) is 5.36. The fourth-order valence-electron chi connectivity index (χ4n) is 1.98. The Morgan fingerprint density at radius 3 is 2.50 bits per heavy atom. The molecule has 2 aromatic rings. The summed E-state index contributed by atoms with van der Waals surface area (Å²) in [6, 6.07) is 0. The molecule has 0 aliphatic heterocycles. The molecule has 0 saturated heterocycles. The average Bonchev–Trinajstić information content (AvgIpc) is 2.63. The minimum Gasteiger partial charge on any atom is -0.348 e. The minimum atomic E-state index is -0.151. The van der Waals surface area contributed by atoms with Crippen molar-refractivity contribution in [3.63, 3.8) is 0 Å². The van der Waals surface area contributed by atoms with Gasteiger partial charge in [0, 0.05) is 24.4 Å². The molecule has 0 aromatic carbocycles. The van der Waals surface area contributed by atoms with Gasteiger partial charge in [0.15, 0.2) is 0 Å². The molecule has 2 aromatic heterocycles. The minimum absolute atomic E-state index is 0.101. The summed E-state index contributed by atoms with van der Waals surface area (Å²) in [5, 5.41) is 1.86. The van der Waals surface area contributed by atoms with E-state index in [0.717, 1.165) is 21.1 Å². The van der Waals surface area contributed by atoms with E-state index in [2.05, 4.69) is 23.8 Å². The summed E-state index contributed by atoms with van der Waals surface area (Å²) in [7, 11) is 3.56. The van der Waals surface area contributed by atoms with Gasteiger partial charge in [-0.3, -0.25) is 4.79 Å². The smallest absolute Gasteiger partial charge is 0.235 e. The Balaban J connectivity index is 2.46. The third kappa shape index (κ3) is 2.81. The molecule has 4 nitrogen and oxygen atoms in total. The molecule has 0 saturated carbocycles. The SMILES string of the molecule is Cc1nc(S[C@@H](C)C(=O)N(C)C)c2c(C)c(C)sc2n1. The molecule has 20 heavy (non-hydrogen) atoms. The zero-order valence-corrected chi connectivity index (χ0v) is 14.3. The number of fused-ring (bicyclic) bond motifs is 1. The maximum atomic E-state index is 12.0. The van der Waals surface area contributed by atoms with Crippen LogP contribution < -0.4 is 0 Å². The number of rotatable bonds is 3. The number of carbonyl (C=O) groups excluding carboxylic acids is 1. The van der Waals surface area contributed by atoms with Gasteiger partial charge in [-0.1, -0.05) is 11.8 Å². The lowest BCUT2D eigenvalue weighted by atomic mass is 10.2. The molecule has 1 amide bonds. The highest BCUT2D eigenvalue weighted by Gasteiger charge is 2.21. The second-order valence-corrected chi connectivity index (χ2v) is 7.56. The molecule has 2 heterocycles. The van der Waals surface area contributed by atoms with Crippen LogP contribution in [0.25, 0.3) is 10.2 Å². The summed E-state index contributed by atoms with van der Waals surface area (Å²) in [6.45, 7) is 8.01. The van der Waals surface area contributed by atoms with Crippen LogP contribution in [0, 0.1) is 20.8 Å². The van der Waals surface area contributed by atoms with Crippen LogP contribution in [0.15, 0.2) is 5.03 Å². The van der Waals surface area contributed by atoms with Crippen molar-refractivity contribution in [2.24, 2.45) is 0 Å². The average molecular weight is 309 g/mol. The number of aromatic nitrogens is 2. The van der Waals surface area contributed by atoms with E-state index in [1.807, 2.05) is 13.8 Å². The molecule has 0 aliphatic rings. The lowest BCUT2D eigenvalue weighted by molar-refractivity contribution is -0.127. The van der Waals surface area contributed by atoms with Crippen LogP contribution in [0.1, 0.15) is 23.2 Å². The number of hydrogen-bond acceptors (Lipinski definition) is 5.